The molecule has 1 N–H and O–H groups in total. The summed E-state index contributed by atoms with van der Waals surface area (Å²) < 4.78 is 85.0. The standard InChI is InChI=1S/C24H32F6N2O/c1-6-8-9-20(25)17(4)22(32(5)14-12-16(3)31-13-7-2)19-11-10-18(24(28,29)30)15-21(19)33-23(26)27/h8-12,15,22-23,31H,6-7,13-14H2,1-5H3/b9-8-,16-12+,20-17-. The molecule has 33 heavy (non-hydrogen) atoms. The fourth-order valence-electron chi connectivity index (χ4n) is 3.20. The van der Waals surface area contributed by atoms with Crippen molar-refractivity contribution in [1.82, 2.24) is 10.2 Å². The molecule has 9 heteroatoms. The zero-order valence-electron chi connectivity index (χ0n) is 19.6. The highest BCUT2D eigenvalue weighted by Gasteiger charge is 2.33. The third kappa shape index (κ3) is 9.15. The molecule has 3 nitrogen and oxygen atoms in total. The molecule has 0 radical (unpaired) electrons. The molecule has 0 bridgehead atoms. The molecular weight excluding hydrogens is 446 g/mol. The van der Waals surface area contributed by atoms with E-state index >= 15 is 0 Å². The van der Waals surface area contributed by atoms with Crippen molar-refractivity contribution >= 4 is 0 Å². The van der Waals surface area contributed by atoms with Gasteiger partial charge in [0.25, 0.3) is 0 Å². The van der Waals surface area contributed by atoms with E-state index in [4.69, 9.17) is 0 Å². The van der Waals surface area contributed by atoms with Gasteiger partial charge >= 0.3 is 12.8 Å². The van der Waals surface area contributed by atoms with E-state index in [1.54, 1.807) is 18.0 Å². The SMILES string of the molecule is CC/C=C\C(F)=C(/C)C(c1ccc(C(F)(F)F)cc1OC(F)F)N(C)C/C=C(\C)NCCC. The summed E-state index contributed by atoms with van der Waals surface area (Å²) in [5.41, 5.74) is -0.0905. The van der Waals surface area contributed by atoms with Gasteiger partial charge in [0.2, 0.25) is 0 Å². The van der Waals surface area contributed by atoms with Gasteiger partial charge in [-0.15, -0.1) is 0 Å². The Labute approximate surface area is 191 Å². The first-order chi connectivity index (χ1) is 15.4. The molecule has 0 aliphatic rings. The molecule has 0 heterocycles. The average Bonchev–Trinajstić information content (AvgIpc) is 2.74. The van der Waals surface area contributed by atoms with Crippen molar-refractivity contribution < 1.29 is 31.1 Å². The third-order valence-corrected chi connectivity index (χ3v) is 4.92. The average molecular weight is 479 g/mol. The summed E-state index contributed by atoms with van der Waals surface area (Å²) in [4.78, 5) is 1.66. The van der Waals surface area contributed by atoms with Crippen molar-refractivity contribution in [3.8, 4) is 5.75 Å². The molecule has 0 aromatic heterocycles. The maximum absolute atomic E-state index is 14.9. The molecular formula is C24H32F6N2O. The number of likely N-dealkylation sites (N-methyl/N-ethyl adjacent to an activating group) is 1. The van der Waals surface area contributed by atoms with Gasteiger partial charge in [-0.1, -0.05) is 32.1 Å². The first-order valence-corrected chi connectivity index (χ1v) is 10.7. The lowest BCUT2D eigenvalue weighted by Crippen LogP contribution is -2.28. The minimum Gasteiger partial charge on any atom is -0.434 e. The van der Waals surface area contributed by atoms with E-state index in [0.717, 1.165) is 30.8 Å². The lowest BCUT2D eigenvalue weighted by molar-refractivity contribution is -0.138. The number of ether oxygens (including phenoxy) is 1. The topological polar surface area (TPSA) is 24.5 Å². The van der Waals surface area contributed by atoms with Crippen LogP contribution in [0.5, 0.6) is 5.75 Å². The van der Waals surface area contributed by atoms with Crippen LogP contribution in [0.15, 0.2) is 53.5 Å². The van der Waals surface area contributed by atoms with Crippen LogP contribution in [-0.4, -0.2) is 31.6 Å². The monoisotopic (exact) mass is 478 g/mol. The normalized spacial score (nSPS) is 14.8. The highest BCUT2D eigenvalue weighted by molar-refractivity contribution is 5.45. The van der Waals surface area contributed by atoms with Crippen molar-refractivity contribution in [2.75, 3.05) is 20.1 Å². The van der Waals surface area contributed by atoms with Crippen molar-refractivity contribution in [2.24, 2.45) is 0 Å². The number of hydrogen-bond acceptors (Lipinski definition) is 3. The number of nitrogens with zero attached hydrogens (tertiary/aromatic N) is 1. The highest BCUT2D eigenvalue weighted by atomic mass is 19.4. The smallest absolute Gasteiger partial charge is 0.416 e. The summed E-state index contributed by atoms with van der Waals surface area (Å²) in [6.07, 6.45) is 1.45. The Kier molecular flexibility index (Phi) is 11.6. The van der Waals surface area contributed by atoms with Crippen LogP contribution in [0.1, 0.15) is 57.7 Å². The van der Waals surface area contributed by atoms with Gasteiger partial charge in [0.1, 0.15) is 11.6 Å². The molecule has 0 aliphatic heterocycles. The maximum atomic E-state index is 14.9. The molecule has 1 aromatic carbocycles. The van der Waals surface area contributed by atoms with E-state index in [1.165, 1.54) is 13.0 Å². The third-order valence-electron chi connectivity index (χ3n) is 4.92. The van der Waals surface area contributed by atoms with E-state index in [0.29, 0.717) is 12.5 Å². The van der Waals surface area contributed by atoms with Crippen LogP contribution in [0.3, 0.4) is 0 Å². The van der Waals surface area contributed by atoms with Gasteiger partial charge < -0.3 is 10.1 Å². The Bertz CT molecular complexity index is 846. The number of halogens is 6. The van der Waals surface area contributed by atoms with E-state index in [9.17, 15) is 26.3 Å². The van der Waals surface area contributed by atoms with Gasteiger partial charge in [-0.3, -0.25) is 4.90 Å². The second-order valence-corrected chi connectivity index (χ2v) is 7.63. The Morgan fingerprint density at radius 3 is 2.39 bits per heavy atom. The van der Waals surface area contributed by atoms with Gasteiger partial charge in [-0.2, -0.15) is 22.0 Å². The number of benzene rings is 1. The van der Waals surface area contributed by atoms with Crippen LogP contribution in [0.4, 0.5) is 26.3 Å². The van der Waals surface area contributed by atoms with Gasteiger partial charge in [0.15, 0.2) is 0 Å². The number of nitrogens with one attached hydrogen (secondary N) is 1. The molecule has 0 amide bonds. The summed E-state index contributed by atoms with van der Waals surface area (Å²) >= 11 is 0. The van der Waals surface area contributed by atoms with Crippen molar-refractivity contribution in [3.63, 3.8) is 0 Å². The van der Waals surface area contributed by atoms with E-state index in [2.05, 4.69) is 10.1 Å². The Hall–Kier alpha value is -2.42. The fraction of sp³-hybridized carbons (Fsp3) is 0.500. The zero-order chi connectivity index (χ0) is 25.2. The highest BCUT2D eigenvalue weighted by Crippen LogP contribution is 2.40. The minimum absolute atomic E-state index is 0.0101. The second kappa shape index (κ2) is 13.3. The van der Waals surface area contributed by atoms with Crippen LogP contribution in [-0.2, 0) is 6.18 Å². The molecule has 0 spiro atoms. The predicted molar refractivity (Wildman–Crippen MR) is 119 cm³/mol. The van der Waals surface area contributed by atoms with E-state index < -0.39 is 36.0 Å². The lowest BCUT2D eigenvalue weighted by Gasteiger charge is -2.30. The predicted octanol–water partition coefficient (Wildman–Crippen LogP) is 7.39. The Morgan fingerprint density at radius 1 is 1.18 bits per heavy atom. The molecule has 0 saturated carbocycles. The quantitative estimate of drug-likeness (QED) is 0.250. The molecule has 1 rings (SSSR count). The van der Waals surface area contributed by atoms with Crippen LogP contribution in [0, 0.1) is 0 Å². The molecule has 186 valence electrons. The van der Waals surface area contributed by atoms with Crippen LogP contribution < -0.4 is 10.1 Å². The summed E-state index contributed by atoms with van der Waals surface area (Å²) in [7, 11) is 1.64. The van der Waals surface area contributed by atoms with Gasteiger partial charge in [-0.25, -0.2) is 4.39 Å². The fourth-order valence-corrected chi connectivity index (χ4v) is 3.20. The molecule has 1 atom stereocenters. The number of allylic oxidation sites excluding steroid dienone is 4. The molecule has 0 aliphatic carbocycles. The zero-order valence-corrected chi connectivity index (χ0v) is 19.6. The minimum atomic E-state index is -4.75. The van der Waals surface area contributed by atoms with Gasteiger partial charge in [-0.05, 0) is 57.5 Å². The lowest BCUT2D eigenvalue weighted by atomic mass is 9.95. The van der Waals surface area contributed by atoms with Gasteiger partial charge in [0.05, 0.1) is 11.6 Å². The van der Waals surface area contributed by atoms with Gasteiger partial charge in [0, 0.05) is 24.4 Å². The number of hydrogen-bond donors (Lipinski definition) is 1. The van der Waals surface area contributed by atoms with Crippen LogP contribution in [0.25, 0.3) is 0 Å². The number of alkyl halides is 5. The summed E-state index contributed by atoms with van der Waals surface area (Å²) in [5, 5.41) is 3.20. The van der Waals surface area contributed by atoms with Crippen LogP contribution in [0.2, 0.25) is 0 Å². The summed E-state index contributed by atoms with van der Waals surface area (Å²) in [6, 6.07) is 1.43. The molecule has 1 unspecified atom stereocenters. The summed E-state index contributed by atoms with van der Waals surface area (Å²) in [5.74, 6) is -1.24. The molecule has 1 aromatic rings. The first-order valence-electron chi connectivity index (χ1n) is 10.7. The Balaban J connectivity index is 3.57. The second-order valence-electron chi connectivity index (χ2n) is 7.63. The molecule has 0 saturated heterocycles. The van der Waals surface area contributed by atoms with Crippen LogP contribution >= 0.6 is 0 Å². The van der Waals surface area contributed by atoms with Crippen molar-refractivity contribution in [3.05, 3.63) is 64.7 Å². The largest absolute Gasteiger partial charge is 0.434 e. The van der Waals surface area contributed by atoms with E-state index in [-0.39, 0.29) is 17.7 Å². The summed E-state index contributed by atoms with van der Waals surface area (Å²) in [6.45, 7) is 4.87. The van der Waals surface area contributed by atoms with E-state index in [1.807, 2.05) is 26.8 Å². The molecule has 0 fully saturated rings. The maximum Gasteiger partial charge on any atom is 0.416 e. The number of rotatable bonds is 12. The Morgan fingerprint density at radius 2 is 1.85 bits per heavy atom. The first kappa shape index (κ1) is 28.6. The van der Waals surface area contributed by atoms with Crippen molar-refractivity contribution in [1.29, 1.82) is 0 Å². The van der Waals surface area contributed by atoms with Crippen molar-refractivity contribution in [2.45, 2.75) is 59.4 Å².